The maximum Gasteiger partial charge on any atom is 0.310 e. The van der Waals surface area contributed by atoms with Gasteiger partial charge in [-0.1, -0.05) is 132 Å². The third kappa shape index (κ3) is 9.57. The van der Waals surface area contributed by atoms with E-state index in [0.717, 1.165) is 170 Å². The predicted molar refractivity (Wildman–Crippen MR) is 297 cm³/mol. The van der Waals surface area contributed by atoms with E-state index in [9.17, 15) is 19.2 Å². The number of aromatic amines is 2. The van der Waals surface area contributed by atoms with E-state index in [4.69, 9.17) is 28.9 Å². The maximum atomic E-state index is 14.3. The minimum atomic E-state index is -0.440. The molecule has 7 heterocycles. The van der Waals surface area contributed by atoms with Gasteiger partial charge in [0.2, 0.25) is 0 Å². The fraction of sp³-hybridized carbons (Fsp3) is 0.625. The normalized spacial score (nSPS) is 30.4. The summed E-state index contributed by atoms with van der Waals surface area (Å²) in [6, 6.07) is 8.40. The third-order valence-corrected chi connectivity index (χ3v) is 19.5. The van der Waals surface area contributed by atoms with Gasteiger partial charge in [0.1, 0.15) is 0 Å². The molecule has 11 rings (SSSR count). The minimum absolute atomic E-state index is 0.180. The summed E-state index contributed by atoms with van der Waals surface area (Å²) in [6.07, 6.45) is 24.5. The fourth-order valence-electron chi connectivity index (χ4n) is 14.6. The van der Waals surface area contributed by atoms with E-state index in [0.29, 0.717) is 26.4 Å². The van der Waals surface area contributed by atoms with Crippen molar-refractivity contribution in [1.29, 1.82) is 0 Å². The van der Waals surface area contributed by atoms with Crippen LogP contribution in [0.3, 0.4) is 0 Å². The lowest BCUT2D eigenvalue weighted by molar-refractivity contribution is -0.147. The van der Waals surface area contributed by atoms with Gasteiger partial charge in [0, 0.05) is 68.0 Å². The summed E-state index contributed by atoms with van der Waals surface area (Å²) in [6.45, 7) is 18.8. The van der Waals surface area contributed by atoms with Gasteiger partial charge in [0.15, 0.2) is 0 Å². The molecule has 2 N–H and O–H groups in total. The first-order chi connectivity index (χ1) is 36.5. The van der Waals surface area contributed by atoms with Gasteiger partial charge in [-0.2, -0.15) is 0 Å². The van der Waals surface area contributed by atoms with Crippen molar-refractivity contribution in [2.45, 2.75) is 182 Å². The average molecular weight is 1040 g/mol. The molecule has 12 bridgehead atoms. The highest BCUT2D eigenvalue weighted by molar-refractivity contribution is 5.91. The van der Waals surface area contributed by atoms with Gasteiger partial charge in [-0.3, -0.25) is 19.2 Å². The molecule has 4 aliphatic heterocycles. The summed E-state index contributed by atoms with van der Waals surface area (Å²) in [5.41, 5.74) is 8.27. The Kier molecular flexibility index (Phi) is 14.1. The SMILES string of the molecule is CC1(C)[C@@H]2C(=O)OCCCCCCCCCCOC(=O)[C@@H]3[C@H](c4c5nc(c(c6ccc([nH]6)c6c7nc(c(c8ccc4[nH]8)[C@H]4[C@@H](C(=O)OCCCCCCCCCCOC(=O)[C@@H]8[C@H]6C8(C)C)C4(C)C)C=C7)[C@@H]21)C=C5)C3(C)C. The van der Waals surface area contributed by atoms with E-state index >= 15 is 0 Å². The Hall–Kier alpha value is -5.52. The number of carbonyl (C=O) groups is 4. The second-order valence-corrected chi connectivity index (χ2v) is 26.1. The molecule has 12 nitrogen and oxygen atoms in total. The first-order valence-electron chi connectivity index (χ1n) is 29.3. The minimum Gasteiger partial charge on any atom is -0.465 e. The molecule has 4 saturated carbocycles. The van der Waals surface area contributed by atoms with E-state index in [1.165, 1.54) is 0 Å². The highest BCUT2D eigenvalue weighted by atomic mass is 16.5. The zero-order valence-electron chi connectivity index (χ0n) is 46.5. The van der Waals surface area contributed by atoms with E-state index in [1.807, 2.05) is 0 Å². The zero-order chi connectivity index (χ0) is 53.3. The number of rotatable bonds is 0. The average Bonchev–Trinajstić information content (AvgIpc) is 4.21. The number of H-pyrrole nitrogens is 2. The smallest absolute Gasteiger partial charge is 0.310 e. The van der Waals surface area contributed by atoms with Crippen LogP contribution in [0, 0.1) is 45.3 Å². The second-order valence-electron chi connectivity index (χ2n) is 26.1. The van der Waals surface area contributed by atoms with Crippen LogP contribution in [-0.4, -0.2) is 70.2 Å². The molecule has 8 aliphatic rings. The van der Waals surface area contributed by atoms with Crippen molar-refractivity contribution in [2.75, 3.05) is 26.4 Å². The highest BCUT2D eigenvalue weighted by Crippen LogP contribution is 2.70. The van der Waals surface area contributed by atoms with E-state index in [2.05, 4.69) is 114 Å². The monoisotopic (exact) mass is 1030 g/mol. The Labute approximate surface area is 449 Å². The lowest BCUT2D eigenvalue weighted by Gasteiger charge is -2.08. The van der Waals surface area contributed by atoms with Gasteiger partial charge in [0.05, 0.1) is 72.9 Å². The number of esters is 4. The number of aromatic nitrogens is 4. The van der Waals surface area contributed by atoms with E-state index in [-0.39, 0.29) is 47.5 Å². The molecule has 76 heavy (non-hydrogen) atoms. The molecular weight excluding hydrogens is 953 g/mol. The second kappa shape index (κ2) is 20.4. The molecule has 4 aliphatic carbocycles. The van der Waals surface area contributed by atoms with Gasteiger partial charge in [-0.25, -0.2) is 9.97 Å². The van der Waals surface area contributed by atoms with Crippen molar-refractivity contribution in [3.63, 3.8) is 0 Å². The van der Waals surface area contributed by atoms with Gasteiger partial charge in [-0.15, -0.1) is 0 Å². The van der Waals surface area contributed by atoms with Crippen LogP contribution in [0.15, 0.2) is 24.3 Å². The molecule has 12 heteroatoms. The topological polar surface area (TPSA) is 163 Å². The maximum absolute atomic E-state index is 14.3. The number of ether oxygens (including phenoxy) is 4. The summed E-state index contributed by atoms with van der Waals surface area (Å²) >= 11 is 0. The van der Waals surface area contributed by atoms with Gasteiger partial charge < -0.3 is 28.9 Å². The number of hydrogen-bond acceptors (Lipinski definition) is 10. The predicted octanol–water partition coefficient (Wildman–Crippen LogP) is 14.1. The highest BCUT2D eigenvalue weighted by Gasteiger charge is 2.67. The van der Waals surface area contributed by atoms with Crippen molar-refractivity contribution < 1.29 is 38.1 Å². The Morgan fingerprint density at radius 3 is 0.737 bits per heavy atom. The van der Waals surface area contributed by atoms with Crippen LogP contribution in [0.25, 0.3) is 46.4 Å². The first kappa shape index (κ1) is 52.5. The number of nitrogens with one attached hydrogen (secondary N) is 2. The van der Waals surface area contributed by atoms with E-state index in [1.54, 1.807) is 0 Å². The zero-order valence-corrected chi connectivity index (χ0v) is 46.5. The van der Waals surface area contributed by atoms with Crippen LogP contribution in [0.1, 0.15) is 227 Å². The van der Waals surface area contributed by atoms with Crippen LogP contribution >= 0.6 is 0 Å². The Balaban J connectivity index is 1.14. The first-order valence-corrected chi connectivity index (χ1v) is 29.3. The van der Waals surface area contributed by atoms with Crippen molar-refractivity contribution >= 4 is 70.2 Å². The molecule has 406 valence electrons. The Morgan fingerprint density at radius 2 is 0.526 bits per heavy atom. The third-order valence-electron chi connectivity index (χ3n) is 19.5. The largest absolute Gasteiger partial charge is 0.465 e. The number of nitrogens with zero attached hydrogens (tertiary/aromatic N) is 2. The van der Waals surface area contributed by atoms with Crippen LogP contribution in [-0.2, 0) is 38.1 Å². The Morgan fingerprint density at radius 1 is 0.329 bits per heavy atom. The molecule has 4 fully saturated rings. The summed E-state index contributed by atoms with van der Waals surface area (Å²) in [4.78, 5) is 76.1. The quantitative estimate of drug-likeness (QED) is 0.113. The molecule has 0 radical (unpaired) electrons. The number of fused-ring (bicyclic) bond motifs is 16. The van der Waals surface area contributed by atoms with Crippen molar-refractivity contribution in [2.24, 2.45) is 45.3 Å². The number of hydrogen-bond donors (Lipinski definition) is 2. The molecular formula is C64H82N4O8. The lowest BCUT2D eigenvalue weighted by Crippen LogP contribution is -2.11. The molecule has 8 atom stereocenters. The van der Waals surface area contributed by atoms with Gasteiger partial charge >= 0.3 is 23.9 Å². The van der Waals surface area contributed by atoms with Gasteiger partial charge in [0.25, 0.3) is 0 Å². The van der Waals surface area contributed by atoms with Crippen LogP contribution < -0.4 is 0 Å². The van der Waals surface area contributed by atoms with Crippen LogP contribution in [0.2, 0.25) is 0 Å². The molecule has 0 saturated heterocycles. The summed E-state index contributed by atoms with van der Waals surface area (Å²) in [7, 11) is 0. The molecule has 0 aromatic carbocycles. The summed E-state index contributed by atoms with van der Waals surface area (Å²) in [5.74, 6) is -3.18. The van der Waals surface area contributed by atoms with Crippen molar-refractivity contribution in [1.82, 2.24) is 19.9 Å². The fourth-order valence-corrected chi connectivity index (χ4v) is 14.6. The summed E-state index contributed by atoms with van der Waals surface area (Å²) < 4.78 is 24.5. The van der Waals surface area contributed by atoms with E-state index < -0.39 is 45.3 Å². The number of carbonyl (C=O) groups excluding carboxylic acids is 4. The van der Waals surface area contributed by atoms with Crippen molar-refractivity contribution in [3.05, 3.63) is 69.3 Å². The summed E-state index contributed by atoms with van der Waals surface area (Å²) in [5, 5.41) is 0. The standard InChI is InChI=1S/C64H82N4O8/c1-61(2)49-45-37-25-26-38(65-37)46(50-54(62(50,3)4)58(70)74-34-22-18-14-10-9-13-17-21-33-73-57(69)53(49)61)43-31-32-44(68-43)48-40-28-27-39(66-40)47(42-30-29-41(45)67-42)51-55(63(51,5)6)59(71)75-35-23-19-15-11-12-16-20-24-36-76-60(72)56-52(48)64(56,7)8/h25-32,49-56,67-68H,9-24,33-36H2,1-8H3/t49-,50-,51-,52-,53-,54-,55-,56-/m0/s1. The molecule has 0 unspecified atom stereocenters. The lowest BCUT2D eigenvalue weighted by atomic mass is 10.0. The molecule has 0 amide bonds. The van der Waals surface area contributed by atoms with Crippen molar-refractivity contribution in [3.8, 4) is 0 Å². The van der Waals surface area contributed by atoms with Gasteiger partial charge in [-0.05, 0) is 95.9 Å². The molecule has 3 aromatic heterocycles. The molecule has 3 aromatic rings. The Bertz CT molecular complexity index is 2630. The number of cyclic esters (lactones) is 4. The van der Waals surface area contributed by atoms with Crippen LogP contribution in [0.4, 0.5) is 0 Å². The molecule has 0 spiro atoms. The van der Waals surface area contributed by atoms with Crippen LogP contribution in [0.5, 0.6) is 0 Å².